The van der Waals surface area contributed by atoms with Crippen LogP contribution in [-0.2, 0) is 12.0 Å². The first-order chi connectivity index (χ1) is 8.17. The normalized spacial score (nSPS) is 22.5. The molecule has 0 saturated heterocycles. The molecular formula is C15H20N2. The summed E-state index contributed by atoms with van der Waals surface area (Å²) in [6, 6.07) is 9.12. The van der Waals surface area contributed by atoms with E-state index in [0.717, 1.165) is 25.9 Å². The Bertz CT molecular complexity index is 454. The van der Waals surface area contributed by atoms with E-state index in [1.807, 2.05) is 0 Å². The molecule has 0 N–H and O–H groups in total. The van der Waals surface area contributed by atoms with Crippen LogP contribution < -0.4 is 0 Å². The molecule has 1 unspecified atom stereocenters. The topological polar surface area (TPSA) is 27.0 Å². The molecular weight excluding hydrogens is 208 g/mol. The minimum atomic E-state index is -0.384. The van der Waals surface area contributed by atoms with Gasteiger partial charge in [-0.15, -0.1) is 0 Å². The number of aryl methyl sites for hydroxylation is 2. The Hall–Kier alpha value is -1.33. The summed E-state index contributed by atoms with van der Waals surface area (Å²) >= 11 is 0. The first kappa shape index (κ1) is 12.1. The molecule has 0 aromatic heterocycles. The summed E-state index contributed by atoms with van der Waals surface area (Å²) in [4.78, 5) is 2.29. The molecule has 0 fully saturated rings. The van der Waals surface area contributed by atoms with Gasteiger partial charge in [-0.1, -0.05) is 37.6 Å². The Labute approximate surface area is 104 Å². The van der Waals surface area contributed by atoms with Crippen molar-refractivity contribution >= 4 is 0 Å². The molecule has 0 heterocycles. The zero-order chi connectivity index (χ0) is 12.5. The van der Waals surface area contributed by atoms with Crippen LogP contribution in [0.3, 0.4) is 0 Å². The lowest BCUT2D eigenvalue weighted by atomic mass is 9.90. The molecule has 1 aliphatic rings. The molecule has 1 aliphatic carbocycles. The van der Waals surface area contributed by atoms with Gasteiger partial charge >= 0.3 is 0 Å². The van der Waals surface area contributed by atoms with Gasteiger partial charge in [0.15, 0.2) is 0 Å². The lowest BCUT2D eigenvalue weighted by Crippen LogP contribution is -2.43. The molecule has 2 heteroatoms. The van der Waals surface area contributed by atoms with Gasteiger partial charge < -0.3 is 0 Å². The third kappa shape index (κ3) is 1.75. The Morgan fingerprint density at radius 2 is 2.06 bits per heavy atom. The van der Waals surface area contributed by atoms with Gasteiger partial charge in [0.25, 0.3) is 0 Å². The highest BCUT2D eigenvalue weighted by molar-refractivity contribution is 5.45. The van der Waals surface area contributed by atoms with Crippen LogP contribution in [0.2, 0.25) is 0 Å². The predicted octanol–water partition coefficient (Wildman–Crippen LogP) is 3.00. The summed E-state index contributed by atoms with van der Waals surface area (Å²) in [5.74, 6) is 0. The zero-order valence-corrected chi connectivity index (χ0v) is 11.0. The van der Waals surface area contributed by atoms with Gasteiger partial charge in [-0.2, -0.15) is 5.26 Å². The maximum Gasteiger partial charge on any atom is 0.135 e. The minimum absolute atomic E-state index is 0.384. The zero-order valence-electron chi connectivity index (χ0n) is 11.0. The fourth-order valence-electron chi connectivity index (χ4n) is 3.02. The van der Waals surface area contributed by atoms with Crippen molar-refractivity contribution in [2.24, 2.45) is 0 Å². The lowest BCUT2D eigenvalue weighted by molar-refractivity contribution is 0.153. The van der Waals surface area contributed by atoms with Crippen molar-refractivity contribution < 1.29 is 0 Å². The Morgan fingerprint density at radius 3 is 2.65 bits per heavy atom. The molecule has 0 bridgehead atoms. The van der Waals surface area contributed by atoms with E-state index in [2.05, 4.69) is 49.9 Å². The highest BCUT2D eigenvalue weighted by Crippen LogP contribution is 2.41. The molecule has 17 heavy (non-hydrogen) atoms. The second kappa shape index (κ2) is 4.50. The third-order valence-electron chi connectivity index (χ3n) is 3.96. The number of rotatable bonds is 3. The van der Waals surface area contributed by atoms with Crippen LogP contribution in [0.5, 0.6) is 0 Å². The molecule has 0 saturated carbocycles. The SMILES string of the molecule is CCN(CC)C1(C#N)CCc2ccc(C)cc21. The van der Waals surface area contributed by atoms with Crippen molar-refractivity contribution in [3.8, 4) is 6.07 Å². The third-order valence-corrected chi connectivity index (χ3v) is 3.96. The van der Waals surface area contributed by atoms with Crippen molar-refractivity contribution in [1.29, 1.82) is 5.26 Å². The molecule has 0 spiro atoms. The van der Waals surface area contributed by atoms with Gasteiger partial charge in [-0.25, -0.2) is 0 Å². The van der Waals surface area contributed by atoms with Crippen LogP contribution in [0.25, 0.3) is 0 Å². The monoisotopic (exact) mass is 228 g/mol. The first-order valence-corrected chi connectivity index (χ1v) is 6.44. The molecule has 0 radical (unpaired) electrons. The highest BCUT2D eigenvalue weighted by atomic mass is 15.2. The fourth-order valence-corrected chi connectivity index (χ4v) is 3.02. The maximum atomic E-state index is 9.70. The summed E-state index contributed by atoms with van der Waals surface area (Å²) in [5, 5.41) is 9.70. The summed E-state index contributed by atoms with van der Waals surface area (Å²) in [7, 11) is 0. The summed E-state index contributed by atoms with van der Waals surface area (Å²) in [5.41, 5.74) is 3.45. The first-order valence-electron chi connectivity index (χ1n) is 6.44. The van der Waals surface area contributed by atoms with E-state index in [9.17, 15) is 5.26 Å². The molecule has 1 atom stereocenters. The quantitative estimate of drug-likeness (QED) is 0.795. The van der Waals surface area contributed by atoms with Crippen LogP contribution in [0.4, 0.5) is 0 Å². The van der Waals surface area contributed by atoms with Crippen molar-refractivity contribution in [2.75, 3.05) is 13.1 Å². The van der Waals surface area contributed by atoms with Crippen LogP contribution in [0, 0.1) is 18.3 Å². The van der Waals surface area contributed by atoms with Crippen molar-refractivity contribution in [2.45, 2.75) is 39.2 Å². The van der Waals surface area contributed by atoms with E-state index in [1.165, 1.54) is 16.7 Å². The Balaban J connectivity index is 2.54. The second-order valence-electron chi connectivity index (χ2n) is 4.80. The van der Waals surface area contributed by atoms with E-state index >= 15 is 0 Å². The largest absolute Gasteiger partial charge is 0.282 e. The summed E-state index contributed by atoms with van der Waals surface area (Å²) in [6.07, 6.45) is 1.96. The molecule has 2 rings (SSSR count). The molecule has 2 nitrogen and oxygen atoms in total. The van der Waals surface area contributed by atoms with E-state index in [-0.39, 0.29) is 5.54 Å². The van der Waals surface area contributed by atoms with Crippen LogP contribution in [-0.4, -0.2) is 18.0 Å². The molecule has 0 amide bonds. The van der Waals surface area contributed by atoms with Crippen LogP contribution in [0.1, 0.15) is 37.0 Å². The smallest absolute Gasteiger partial charge is 0.135 e. The van der Waals surface area contributed by atoms with Crippen LogP contribution in [0.15, 0.2) is 18.2 Å². The number of fused-ring (bicyclic) bond motifs is 1. The molecule has 1 aromatic rings. The fraction of sp³-hybridized carbons (Fsp3) is 0.533. The van der Waals surface area contributed by atoms with Gasteiger partial charge in [-0.05, 0) is 44.0 Å². The number of benzene rings is 1. The molecule has 1 aromatic carbocycles. The standard InChI is InChI=1S/C15H20N2/c1-4-17(5-2)15(11-16)9-8-13-7-6-12(3)10-14(13)15/h6-7,10H,4-5,8-9H2,1-3H3. The number of nitriles is 1. The summed E-state index contributed by atoms with van der Waals surface area (Å²) in [6.45, 7) is 8.23. The predicted molar refractivity (Wildman–Crippen MR) is 69.7 cm³/mol. The van der Waals surface area contributed by atoms with E-state index in [1.54, 1.807) is 0 Å². The lowest BCUT2D eigenvalue weighted by Gasteiger charge is -2.35. The minimum Gasteiger partial charge on any atom is -0.282 e. The van der Waals surface area contributed by atoms with Crippen molar-refractivity contribution in [1.82, 2.24) is 4.90 Å². The average Bonchev–Trinajstić information content (AvgIpc) is 2.70. The van der Waals surface area contributed by atoms with Gasteiger partial charge in [0.1, 0.15) is 5.54 Å². The molecule has 0 aliphatic heterocycles. The van der Waals surface area contributed by atoms with Crippen molar-refractivity contribution in [3.63, 3.8) is 0 Å². The number of hydrogen-bond donors (Lipinski definition) is 0. The number of nitrogens with zero attached hydrogens (tertiary/aromatic N) is 2. The average molecular weight is 228 g/mol. The van der Waals surface area contributed by atoms with Gasteiger partial charge in [0.2, 0.25) is 0 Å². The van der Waals surface area contributed by atoms with Gasteiger partial charge in [-0.3, -0.25) is 4.90 Å². The Kier molecular flexibility index (Phi) is 3.22. The van der Waals surface area contributed by atoms with Crippen molar-refractivity contribution in [3.05, 3.63) is 34.9 Å². The van der Waals surface area contributed by atoms with Gasteiger partial charge in [0.05, 0.1) is 6.07 Å². The van der Waals surface area contributed by atoms with Gasteiger partial charge in [0, 0.05) is 0 Å². The van der Waals surface area contributed by atoms with E-state index in [0.29, 0.717) is 0 Å². The summed E-state index contributed by atoms with van der Waals surface area (Å²) < 4.78 is 0. The van der Waals surface area contributed by atoms with E-state index in [4.69, 9.17) is 0 Å². The van der Waals surface area contributed by atoms with Crippen LogP contribution >= 0.6 is 0 Å². The second-order valence-corrected chi connectivity index (χ2v) is 4.80. The van der Waals surface area contributed by atoms with E-state index < -0.39 is 0 Å². The molecule has 90 valence electrons. The highest BCUT2D eigenvalue weighted by Gasteiger charge is 2.42. The Morgan fingerprint density at radius 1 is 1.35 bits per heavy atom. The maximum absolute atomic E-state index is 9.70. The number of hydrogen-bond acceptors (Lipinski definition) is 2.